The van der Waals surface area contributed by atoms with E-state index in [1.165, 1.54) is 11.3 Å². The molecule has 0 fully saturated rings. The van der Waals surface area contributed by atoms with Crippen LogP contribution in [0.5, 0.6) is 5.75 Å². The van der Waals surface area contributed by atoms with Crippen molar-refractivity contribution in [3.63, 3.8) is 0 Å². The van der Waals surface area contributed by atoms with Gasteiger partial charge in [-0.1, -0.05) is 46.8 Å². The van der Waals surface area contributed by atoms with Gasteiger partial charge in [0.05, 0.1) is 36.0 Å². The van der Waals surface area contributed by atoms with Gasteiger partial charge in [-0.25, -0.2) is 4.98 Å². The van der Waals surface area contributed by atoms with Crippen LogP contribution in [-0.2, 0) is 17.8 Å². The summed E-state index contributed by atoms with van der Waals surface area (Å²) in [6.45, 7) is 4.12. The molecule has 0 saturated heterocycles. The van der Waals surface area contributed by atoms with Crippen LogP contribution in [0, 0.1) is 13.8 Å². The van der Waals surface area contributed by atoms with Gasteiger partial charge in [0.15, 0.2) is 5.13 Å². The van der Waals surface area contributed by atoms with Crippen molar-refractivity contribution in [3.8, 4) is 5.75 Å². The fourth-order valence-electron chi connectivity index (χ4n) is 3.16. The molecule has 0 unspecified atom stereocenters. The standard InChI is InChI=1S/C22H21N3O3S/c1-14-18(15(2)28-24-14)12-21(26)25(13-16-7-5-4-6-8-16)22-23-19-10-9-17(27-3)11-20(19)29-22/h4-11H,12-13H2,1-3H3. The Morgan fingerprint density at radius 2 is 1.97 bits per heavy atom. The predicted molar refractivity (Wildman–Crippen MR) is 113 cm³/mol. The maximum atomic E-state index is 13.3. The maximum absolute atomic E-state index is 13.3. The van der Waals surface area contributed by atoms with Gasteiger partial charge in [-0.05, 0) is 37.6 Å². The second kappa shape index (κ2) is 8.05. The third-order valence-corrected chi connectivity index (χ3v) is 5.85. The number of benzene rings is 2. The first kappa shape index (κ1) is 19.1. The largest absolute Gasteiger partial charge is 0.497 e. The molecule has 0 N–H and O–H groups in total. The van der Waals surface area contributed by atoms with E-state index in [9.17, 15) is 4.79 Å². The van der Waals surface area contributed by atoms with Crippen molar-refractivity contribution in [1.82, 2.24) is 10.1 Å². The number of aryl methyl sites for hydroxylation is 2. The van der Waals surface area contributed by atoms with Gasteiger partial charge in [-0.2, -0.15) is 0 Å². The van der Waals surface area contributed by atoms with Crippen LogP contribution in [0.3, 0.4) is 0 Å². The zero-order valence-corrected chi connectivity index (χ0v) is 17.3. The number of fused-ring (bicyclic) bond motifs is 1. The van der Waals surface area contributed by atoms with Gasteiger partial charge < -0.3 is 9.26 Å². The van der Waals surface area contributed by atoms with Crippen molar-refractivity contribution in [1.29, 1.82) is 0 Å². The van der Waals surface area contributed by atoms with Crippen LogP contribution in [0.1, 0.15) is 22.6 Å². The number of methoxy groups -OCH3 is 1. The lowest BCUT2D eigenvalue weighted by Crippen LogP contribution is -2.32. The molecule has 1 amide bonds. The Bertz CT molecular complexity index is 1130. The number of carbonyl (C=O) groups excluding carboxylic acids is 1. The highest BCUT2D eigenvalue weighted by Gasteiger charge is 2.23. The number of thiazole rings is 1. The van der Waals surface area contributed by atoms with Gasteiger partial charge >= 0.3 is 0 Å². The number of ether oxygens (including phenoxy) is 1. The summed E-state index contributed by atoms with van der Waals surface area (Å²) < 4.78 is 11.5. The van der Waals surface area contributed by atoms with E-state index in [1.807, 2.05) is 62.4 Å². The van der Waals surface area contributed by atoms with Crippen molar-refractivity contribution in [2.75, 3.05) is 12.0 Å². The summed E-state index contributed by atoms with van der Waals surface area (Å²) >= 11 is 1.48. The van der Waals surface area contributed by atoms with E-state index in [1.54, 1.807) is 12.0 Å². The van der Waals surface area contributed by atoms with Crippen molar-refractivity contribution >= 4 is 32.6 Å². The van der Waals surface area contributed by atoms with Crippen LogP contribution in [-0.4, -0.2) is 23.2 Å². The van der Waals surface area contributed by atoms with Crippen LogP contribution in [0.2, 0.25) is 0 Å². The van der Waals surface area contributed by atoms with Crippen molar-refractivity contribution < 1.29 is 14.1 Å². The summed E-state index contributed by atoms with van der Waals surface area (Å²) in [4.78, 5) is 19.8. The molecule has 2 aromatic heterocycles. The van der Waals surface area contributed by atoms with Gasteiger partial charge in [0.1, 0.15) is 11.5 Å². The van der Waals surface area contributed by atoms with Gasteiger partial charge in [-0.15, -0.1) is 0 Å². The fourth-order valence-corrected chi connectivity index (χ4v) is 4.18. The number of hydrogen-bond acceptors (Lipinski definition) is 6. The lowest BCUT2D eigenvalue weighted by Gasteiger charge is -2.20. The molecule has 4 rings (SSSR count). The molecule has 0 aliphatic carbocycles. The van der Waals surface area contributed by atoms with E-state index in [-0.39, 0.29) is 12.3 Å². The minimum absolute atomic E-state index is 0.0470. The lowest BCUT2D eigenvalue weighted by molar-refractivity contribution is -0.118. The van der Waals surface area contributed by atoms with Crippen LogP contribution in [0.15, 0.2) is 53.1 Å². The quantitative estimate of drug-likeness (QED) is 0.464. The summed E-state index contributed by atoms with van der Waals surface area (Å²) in [5.41, 5.74) is 3.45. The molecule has 6 nitrogen and oxygen atoms in total. The Kier molecular flexibility index (Phi) is 5.31. The molecule has 0 aliphatic rings. The SMILES string of the molecule is COc1ccc2nc(N(Cc3ccccc3)C(=O)Cc3c(C)noc3C)sc2c1. The molecule has 2 heterocycles. The molecule has 0 radical (unpaired) electrons. The Morgan fingerprint density at radius 3 is 2.66 bits per heavy atom. The number of nitrogens with zero attached hydrogens (tertiary/aromatic N) is 3. The Hall–Kier alpha value is -3.19. The number of aromatic nitrogens is 2. The van der Waals surface area contributed by atoms with E-state index in [4.69, 9.17) is 14.2 Å². The third-order valence-electron chi connectivity index (χ3n) is 4.81. The van der Waals surface area contributed by atoms with Crippen LogP contribution < -0.4 is 9.64 Å². The average Bonchev–Trinajstić information content (AvgIpc) is 3.30. The summed E-state index contributed by atoms with van der Waals surface area (Å²) in [7, 11) is 1.64. The zero-order chi connectivity index (χ0) is 20.4. The molecule has 7 heteroatoms. The molecule has 148 valence electrons. The van der Waals surface area contributed by atoms with Crippen LogP contribution in [0.25, 0.3) is 10.2 Å². The van der Waals surface area contributed by atoms with Crippen LogP contribution >= 0.6 is 11.3 Å². The van der Waals surface area contributed by atoms with Gasteiger partial charge in [0.25, 0.3) is 0 Å². The minimum atomic E-state index is -0.0470. The van der Waals surface area contributed by atoms with Crippen LogP contribution in [0.4, 0.5) is 5.13 Å². The van der Waals surface area contributed by atoms with E-state index in [2.05, 4.69) is 5.16 Å². The highest BCUT2D eigenvalue weighted by Crippen LogP contribution is 2.32. The second-order valence-corrected chi connectivity index (χ2v) is 7.78. The minimum Gasteiger partial charge on any atom is -0.497 e. The van der Waals surface area contributed by atoms with Gasteiger partial charge in [0, 0.05) is 5.56 Å². The van der Waals surface area contributed by atoms with E-state index in [0.717, 1.165) is 32.8 Å². The lowest BCUT2D eigenvalue weighted by atomic mass is 10.1. The number of rotatable bonds is 6. The first-order valence-electron chi connectivity index (χ1n) is 9.26. The summed E-state index contributed by atoms with van der Waals surface area (Å²) in [6.07, 6.45) is 0.216. The molecule has 0 bridgehead atoms. The summed E-state index contributed by atoms with van der Waals surface area (Å²) in [6, 6.07) is 15.6. The van der Waals surface area contributed by atoms with E-state index < -0.39 is 0 Å². The Labute approximate surface area is 172 Å². The topological polar surface area (TPSA) is 68.5 Å². The molecule has 0 atom stereocenters. The zero-order valence-electron chi connectivity index (χ0n) is 16.5. The molecular formula is C22H21N3O3S. The third kappa shape index (κ3) is 4.00. The molecular weight excluding hydrogens is 386 g/mol. The molecule has 0 aliphatic heterocycles. The first-order valence-corrected chi connectivity index (χ1v) is 10.1. The van der Waals surface area contributed by atoms with Gasteiger partial charge in [-0.3, -0.25) is 9.69 Å². The highest BCUT2D eigenvalue weighted by atomic mass is 32.1. The molecule has 2 aromatic carbocycles. The second-order valence-electron chi connectivity index (χ2n) is 6.78. The van der Waals surface area contributed by atoms with Crippen molar-refractivity contribution in [3.05, 3.63) is 71.1 Å². The first-order chi connectivity index (χ1) is 14.0. The summed E-state index contributed by atoms with van der Waals surface area (Å²) in [5.74, 6) is 1.39. The average molecular weight is 407 g/mol. The maximum Gasteiger partial charge on any atom is 0.233 e. The van der Waals surface area contributed by atoms with Crippen molar-refractivity contribution in [2.24, 2.45) is 0 Å². The van der Waals surface area contributed by atoms with Crippen molar-refractivity contribution in [2.45, 2.75) is 26.8 Å². The normalized spacial score (nSPS) is 11.0. The Balaban J connectivity index is 1.70. The Morgan fingerprint density at radius 1 is 1.17 bits per heavy atom. The smallest absolute Gasteiger partial charge is 0.233 e. The monoisotopic (exact) mass is 407 g/mol. The predicted octanol–water partition coefficient (Wildman–Crippen LogP) is 4.69. The summed E-state index contributed by atoms with van der Waals surface area (Å²) in [5, 5.41) is 4.63. The number of hydrogen-bond donors (Lipinski definition) is 0. The number of amides is 1. The highest BCUT2D eigenvalue weighted by molar-refractivity contribution is 7.22. The molecule has 4 aromatic rings. The number of anilines is 1. The fraction of sp³-hybridized carbons (Fsp3) is 0.227. The molecule has 0 spiro atoms. The molecule has 29 heavy (non-hydrogen) atoms. The van der Waals surface area contributed by atoms with E-state index >= 15 is 0 Å². The molecule has 0 saturated carbocycles. The van der Waals surface area contributed by atoms with Gasteiger partial charge in [0.2, 0.25) is 5.91 Å². The van der Waals surface area contributed by atoms with E-state index in [0.29, 0.717) is 17.4 Å². The number of carbonyl (C=O) groups is 1.